The van der Waals surface area contributed by atoms with Crippen LogP contribution in [0.5, 0.6) is 0 Å². The van der Waals surface area contributed by atoms with Gasteiger partial charge >= 0.3 is 0 Å². The van der Waals surface area contributed by atoms with Crippen molar-refractivity contribution >= 4 is 38.1 Å². The van der Waals surface area contributed by atoms with E-state index < -0.39 is 31.1 Å². The zero-order valence-corrected chi connectivity index (χ0v) is 16.4. The van der Waals surface area contributed by atoms with E-state index in [1.165, 1.54) is 19.9 Å². The van der Waals surface area contributed by atoms with Gasteiger partial charge in [0.25, 0.3) is 0 Å². The minimum Gasteiger partial charge on any atom is -0.315 e. The van der Waals surface area contributed by atoms with E-state index in [4.69, 9.17) is 0 Å². The van der Waals surface area contributed by atoms with Crippen molar-refractivity contribution in [1.29, 1.82) is 0 Å². The van der Waals surface area contributed by atoms with E-state index in [1.54, 1.807) is 0 Å². The number of hydrogen-bond acceptors (Lipinski definition) is 5. The molecule has 0 aliphatic carbocycles. The first-order valence-electron chi connectivity index (χ1n) is 7.66. The van der Waals surface area contributed by atoms with Crippen molar-refractivity contribution in [2.24, 2.45) is 0 Å². The predicted octanol–water partition coefficient (Wildman–Crippen LogP) is 1.43. The van der Waals surface area contributed by atoms with Crippen LogP contribution in [0.1, 0.15) is 26.7 Å². The predicted molar refractivity (Wildman–Crippen MR) is 97.5 cm³/mol. The fraction of sp³-hybridized carbons (Fsp3) is 0.571. The van der Waals surface area contributed by atoms with Crippen molar-refractivity contribution in [3.05, 3.63) is 24.0 Å². The molecule has 1 atom stereocenters. The summed E-state index contributed by atoms with van der Waals surface area (Å²) >= 11 is 0. The summed E-state index contributed by atoms with van der Waals surface area (Å²) < 4.78 is 67.0. The second-order valence-electron chi connectivity index (χ2n) is 6.00. The van der Waals surface area contributed by atoms with Crippen molar-refractivity contribution in [1.82, 2.24) is 10.0 Å². The first kappa shape index (κ1) is 22.1. The lowest BCUT2D eigenvalue weighted by molar-refractivity contribution is 0.428. The van der Waals surface area contributed by atoms with Crippen LogP contribution in [0.4, 0.5) is 10.1 Å². The molecule has 144 valence electrons. The third-order valence-corrected chi connectivity index (χ3v) is 7.01. The Balaban J connectivity index is 0.00000312. The zero-order chi connectivity index (χ0) is 18.0. The van der Waals surface area contributed by atoms with Crippen molar-refractivity contribution in [3.8, 4) is 0 Å². The Morgan fingerprint density at radius 3 is 2.44 bits per heavy atom. The topological polar surface area (TPSA) is 104 Å². The molecule has 1 heterocycles. The van der Waals surface area contributed by atoms with Crippen LogP contribution >= 0.6 is 12.4 Å². The third-order valence-electron chi connectivity index (χ3n) is 3.74. The number of halogens is 2. The summed E-state index contributed by atoms with van der Waals surface area (Å²) in [4.78, 5) is -0.238. The quantitative estimate of drug-likeness (QED) is 0.652. The molecule has 11 heteroatoms. The standard InChI is InChI=1S/C14H22FN3O4S2.ClH/c1-10(2)23(19,20)18-14-6-5-12(8-13(14)15)24(21,22)17-11-4-3-7-16-9-11;/h5-6,8,10-11,16-18H,3-4,7,9H2,1-2H3;1H. The van der Waals surface area contributed by atoms with E-state index in [2.05, 4.69) is 14.8 Å². The van der Waals surface area contributed by atoms with E-state index in [9.17, 15) is 21.2 Å². The Morgan fingerprint density at radius 1 is 1.24 bits per heavy atom. The molecule has 1 fully saturated rings. The van der Waals surface area contributed by atoms with Gasteiger partial charge in [0.15, 0.2) is 0 Å². The maximum Gasteiger partial charge on any atom is 0.240 e. The number of piperidine rings is 1. The van der Waals surface area contributed by atoms with Crippen molar-refractivity contribution in [2.45, 2.75) is 42.9 Å². The number of sulfonamides is 2. The summed E-state index contributed by atoms with van der Waals surface area (Å²) in [6, 6.07) is 2.87. The number of hydrogen-bond donors (Lipinski definition) is 3. The number of anilines is 1. The minimum absolute atomic E-state index is 0. The molecule has 1 saturated heterocycles. The normalized spacial score (nSPS) is 18.6. The number of nitrogens with one attached hydrogen (secondary N) is 3. The molecule has 25 heavy (non-hydrogen) atoms. The smallest absolute Gasteiger partial charge is 0.240 e. The first-order chi connectivity index (χ1) is 11.1. The molecule has 0 spiro atoms. The lowest BCUT2D eigenvalue weighted by Gasteiger charge is -2.23. The van der Waals surface area contributed by atoms with E-state index in [0.29, 0.717) is 13.0 Å². The molecule has 0 radical (unpaired) electrons. The molecule has 0 aromatic heterocycles. The summed E-state index contributed by atoms with van der Waals surface area (Å²) in [5, 5.41) is 2.35. The van der Waals surface area contributed by atoms with Gasteiger partial charge in [0, 0.05) is 12.6 Å². The molecule has 2 rings (SSSR count). The van der Waals surface area contributed by atoms with Crippen LogP contribution in [0.15, 0.2) is 23.1 Å². The highest BCUT2D eigenvalue weighted by Crippen LogP contribution is 2.21. The average molecular weight is 416 g/mol. The van der Waals surface area contributed by atoms with E-state index in [-0.39, 0.29) is 29.0 Å². The van der Waals surface area contributed by atoms with Crippen LogP contribution in [0.3, 0.4) is 0 Å². The van der Waals surface area contributed by atoms with Gasteiger partial charge in [0.2, 0.25) is 20.0 Å². The van der Waals surface area contributed by atoms with Gasteiger partial charge in [-0.25, -0.2) is 25.9 Å². The second kappa shape index (κ2) is 8.63. The maximum absolute atomic E-state index is 14.1. The number of benzene rings is 1. The lowest BCUT2D eigenvalue weighted by atomic mass is 10.1. The molecule has 1 unspecified atom stereocenters. The molecule has 1 aromatic rings. The summed E-state index contributed by atoms with van der Waals surface area (Å²) in [6.45, 7) is 4.29. The van der Waals surface area contributed by atoms with Crippen molar-refractivity contribution < 1.29 is 21.2 Å². The molecule has 1 aromatic carbocycles. The molecular formula is C14H23ClFN3O4S2. The molecule has 0 amide bonds. The second-order valence-corrected chi connectivity index (χ2v) is 9.95. The summed E-state index contributed by atoms with van der Waals surface area (Å²) in [7, 11) is -7.57. The van der Waals surface area contributed by atoms with Gasteiger partial charge in [-0.2, -0.15) is 0 Å². The molecule has 0 bridgehead atoms. The minimum atomic E-state index is -3.87. The van der Waals surface area contributed by atoms with E-state index >= 15 is 0 Å². The monoisotopic (exact) mass is 415 g/mol. The van der Waals surface area contributed by atoms with Gasteiger partial charge in [-0.1, -0.05) is 0 Å². The van der Waals surface area contributed by atoms with Crippen LogP contribution in [-0.4, -0.2) is 41.2 Å². The maximum atomic E-state index is 14.1. The van der Waals surface area contributed by atoms with Gasteiger partial charge in [0.1, 0.15) is 5.82 Å². The first-order valence-corrected chi connectivity index (χ1v) is 10.7. The zero-order valence-electron chi connectivity index (χ0n) is 14.0. The Morgan fingerprint density at radius 2 is 1.92 bits per heavy atom. The summed E-state index contributed by atoms with van der Waals surface area (Å²) in [5.41, 5.74) is -0.276. The van der Waals surface area contributed by atoms with Crippen LogP contribution in [0.2, 0.25) is 0 Å². The van der Waals surface area contributed by atoms with Crippen LogP contribution in [0, 0.1) is 5.82 Å². The largest absolute Gasteiger partial charge is 0.315 e. The Hall–Kier alpha value is -0.940. The summed E-state index contributed by atoms with van der Waals surface area (Å²) in [5.74, 6) is -0.941. The Labute approximate surface area is 154 Å². The van der Waals surface area contributed by atoms with Gasteiger partial charge < -0.3 is 5.32 Å². The van der Waals surface area contributed by atoms with Gasteiger partial charge in [-0.05, 0) is 51.4 Å². The molecular weight excluding hydrogens is 393 g/mol. The number of rotatable bonds is 6. The fourth-order valence-corrected chi connectivity index (χ4v) is 4.25. The lowest BCUT2D eigenvalue weighted by Crippen LogP contribution is -2.45. The van der Waals surface area contributed by atoms with E-state index in [0.717, 1.165) is 25.1 Å². The summed E-state index contributed by atoms with van der Waals surface area (Å²) in [6.07, 6.45) is 1.57. The average Bonchev–Trinajstić information content (AvgIpc) is 2.49. The highest BCUT2D eigenvalue weighted by molar-refractivity contribution is 7.93. The molecule has 3 N–H and O–H groups in total. The van der Waals surface area contributed by atoms with Crippen LogP contribution < -0.4 is 14.8 Å². The van der Waals surface area contributed by atoms with Gasteiger partial charge in [0.05, 0.1) is 15.8 Å². The molecule has 0 saturated carbocycles. The van der Waals surface area contributed by atoms with Crippen LogP contribution in [0.25, 0.3) is 0 Å². The fourth-order valence-electron chi connectivity index (χ4n) is 2.26. The SMILES string of the molecule is CC(C)S(=O)(=O)Nc1ccc(S(=O)(=O)NC2CCCNC2)cc1F.Cl. The molecule has 1 aliphatic heterocycles. The highest BCUT2D eigenvalue weighted by atomic mass is 35.5. The molecule has 1 aliphatic rings. The van der Waals surface area contributed by atoms with Gasteiger partial charge in [-0.15, -0.1) is 12.4 Å². The van der Waals surface area contributed by atoms with Crippen molar-refractivity contribution in [3.63, 3.8) is 0 Å². The van der Waals surface area contributed by atoms with E-state index in [1.807, 2.05) is 0 Å². The Kier molecular flexibility index (Phi) is 7.63. The third kappa shape index (κ3) is 5.78. The van der Waals surface area contributed by atoms with Crippen LogP contribution in [-0.2, 0) is 20.0 Å². The molecule has 7 nitrogen and oxygen atoms in total. The van der Waals surface area contributed by atoms with Gasteiger partial charge in [-0.3, -0.25) is 4.72 Å². The van der Waals surface area contributed by atoms with Crippen molar-refractivity contribution in [2.75, 3.05) is 17.8 Å². The highest BCUT2D eigenvalue weighted by Gasteiger charge is 2.24. The Bertz CT molecular complexity index is 794.